The van der Waals surface area contributed by atoms with Crippen LogP contribution in [-0.2, 0) is 0 Å². The highest BCUT2D eigenvalue weighted by molar-refractivity contribution is 6.29. The Balaban J connectivity index is 2.17. The molecule has 0 aliphatic rings. The van der Waals surface area contributed by atoms with Gasteiger partial charge in [-0.2, -0.15) is 0 Å². The van der Waals surface area contributed by atoms with Crippen LogP contribution in [0.1, 0.15) is 10.5 Å². The van der Waals surface area contributed by atoms with Crippen LogP contribution < -0.4 is 5.32 Å². The van der Waals surface area contributed by atoms with Crippen molar-refractivity contribution in [3.05, 3.63) is 53.3 Å². The Bertz CT molecular complexity index is 562. The molecule has 4 nitrogen and oxygen atoms in total. The van der Waals surface area contributed by atoms with E-state index in [1.807, 2.05) is 0 Å². The fourth-order valence-electron chi connectivity index (χ4n) is 1.21. The van der Waals surface area contributed by atoms with E-state index in [-0.39, 0.29) is 10.8 Å². The third kappa shape index (κ3) is 2.98. The van der Waals surface area contributed by atoms with E-state index in [0.717, 1.165) is 0 Å². The van der Waals surface area contributed by atoms with Gasteiger partial charge in [0, 0.05) is 5.69 Å². The lowest BCUT2D eigenvalue weighted by Crippen LogP contribution is -2.14. The van der Waals surface area contributed by atoms with Gasteiger partial charge in [-0.25, -0.2) is 9.37 Å². The number of hydrogen-bond donors (Lipinski definition) is 1. The molecule has 0 fully saturated rings. The van der Waals surface area contributed by atoms with Gasteiger partial charge in [-0.05, 0) is 18.2 Å². The number of hydrogen-bond acceptors (Lipinski definition) is 3. The summed E-state index contributed by atoms with van der Waals surface area (Å²) in [6.45, 7) is 0. The second-order valence-corrected chi connectivity index (χ2v) is 3.58. The van der Waals surface area contributed by atoms with Crippen molar-refractivity contribution < 1.29 is 9.18 Å². The van der Waals surface area contributed by atoms with Crippen LogP contribution in [0, 0.1) is 5.82 Å². The van der Waals surface area contributed by atoms with E-state index < -0.39 is 11.7 Å². The van der Waals surface area contributed by atoms with Crippen molar-refractivity contribution in [2.24, 2.45) is 0 Å². The highest BCUT2D eigenvalue weighted by Crippen LogP contribution is 2.11. The average Bonchev–Trinajstić information content (AvgIpc) is 2.29. The first-order chi connectivity index (χ1) is 8.15. The fraction of sp³-hybridized carbons (Fsp3) is 0. The molecule has 0 aliphatic carbocycles. The quantitative estimate of drug-likeness (QED) is 0.892. The topological polar surface area (TPSA) is 54.9 Å². The van der Waals surface area contributed by atoms with E-state index in [1.54, 1.807) is 6.07 Å². The second kappa shape index (κ2) is 4.88. The van der Waals surface area contributed by atoms with Crippen LogP contribution in [0.2, 0.25) is 5.15 Å². The number of rotatable bonds is 2. The highest BCUT2D eigenvalue weighted by Gasteiger charge is 2.08. The Morgan fingerprint density at radius 3 is 2.88 bits per heavy atom. The number of halogens is 2. The molecule has 0 atom stereocenters. The maximum absolute atomic E-state index is 12.9. The Hall–Kier alpha value is -2.01. The Labute approximate surface area is 101 Å². The number of anilines is 1. The van der Waals surface area contributed by atoms with E-state index >= 15 is 0 Å². The minimum atomic E-state index is -0.495. The van der Waals surface area contributed by atoms with Crippen molar-refractivity contribution in [1.29, 1.82) is 0 Å². The van der Waals surface area contributed by atoms with Gasteiger partial charge in [-0.1, -0.05) is 17.7 Å². The first kappa shape index (κ1) is 11.5. The van der Waals surface area contributed by atoms with E-state index in [1.165, 1.54) is 30.6 Å². The minimum Gasteiger partial charge on any atom is -0.321 e. The number of aromatic nitrogens is 2. The van der Waals surface area contributed by atoms with Crippen LogP contribution >= 0.6 is 11.6 Å². The van der Waals surface area contributed by atoms with Crippen LogP contribution in [0.3, 0.4) is 0 Å². The summed E-state index contributed by atoms with van der Waals surface area (Å²) >= 11 is 5.60. The summed E-state index contributed by atoms with van der Waals surface area (Å²) in [6.07, 6.45) is 2.60. The molecule has 0 saturated carbocycles. The summed E-state index contributed by atoms with van der Waals surface area (Å²) in [7, 11) is 0. The predicted molar refractivity (Wildman–Crippen MR) is 61.4 cm³/mol. The maximum atomic E-state index is 12.9. The Morgan fingerprint density at radius 2 is 2.18 bits per heavy atom. The summed E-state index contributed by atoms with van der Waals surface area (Å²) in [6, 6.07) is 5.55. The molecule has 1 amide bonds. The van der Waals surface area contributed by atoms with Crippen molar-refractivity contribution in [2.45, 2.75) is 0 Å². The number of nitrogens with zero attached hydrogens (tertiary/aromatic N) is 2. The summed E-state index contributed by atoms with van der Waals surface area (Å²) < 4.78 is 12.9. The van der Waals surface area contributed by atoms with Gasteiger partial charge in [0.05, 0.1) is 12.4 Å². The monoisotopic (exact) mass is 251 g/mol. The molecule has 1 N–H and O–H groups in total. The van der Waals surface area contributed by atoms with E-state index in [9.17, 15) is 9.18 Å². The third-order valence-corrected chi connectivity index (χ3v) is 2.10. The van der Waals surface area contributed by atoms with Crippen molar-refractivity contribution in [1.82, 2.24) is 9.97 Å². The molecule has 1 heterocycles. The molecule has 1 aromatic heterocycles. The molecule has 2 rings (SSSR count). The Kier molecular flexibility index (Phi) is 3.30. The van der Waals surface area contributed by atoms with Gasteiger partial charge >= 0.3 is 0 Å². The van der Waals surface area contributed by atoms with Crippen LogP contribution in [0.5, 0.6) is 0 Å². The van der Waals surface area contributed by atoms with Gasteiger partial charge in [-0.3, -0.25) is 9.78 Å². The molecule has 0 spiro atoms. The van der Waals surface area contributed by atoms with Crippen LogP contribution in [0.15, 0.2) is 36.7 Å². The minimum absolute atomic E-state index is 0.0711. The molecule has 0 aliphatic heterocycles. The van der Waals surface area contributed by atoms with Crippen molar-refractivity contribution in [3.63, 3.8) is 0 Å². The van der Waals surface area contributed by atoms with Crippen LogP contribution in [0.25, 0.3) is 0 Å². The van der Waals surface area contributed by atoms with Gasteiger partial charge < -0.3 is 5.32 Å². The van der Waals surface area contributed by atoms with Gasteiger partial charge in [0.2, 0.25) is 0 Å². The summed E-state index contributed by atoms with van der Waals surface area (Å²) in [4.78, 5) is 19.2. The highest BCUT2D eigenvalue weighted by atomic mass is 35.5. The van der Waals surface area contributed by atoms with E-state index in [4.69, 9.17) is 11.6 Å². The molecule has 17 heavy (non-hydrogen) atoms. The summed E-state index contributed by atoms with van der Waals surface area (Å²) in [5.74, 6) is -0.925. The molecule has 6 heteroatoms. The van der Waals surface area contributed by atoms with Crippen molar-refractivity contribution >= 4 is 23.2 Å². The molecule has 2 aromatic rings. The lowest BCUT2D eigenvalue weighted by atomic mass is 10.3. The molecule has 0 bridgehead atoms. The standard InChI is InChI=1S/C11H7ClFN3O/c12-10-6-14-5-9(16-10)11(17)15-8-3-1-2-7(13)4-8/h1-6H,(H,15,17). The third-order valence-electron chi connectivity index (χ3n) is 1.92. The molecule has 0 saturated heterocycles. The first-order valence-electron chi connectivity index (χ1n) is 4.69. The van der Waals surface area contributed by atoms with Gasteiger partial charge in [0.25, 0.3) is 5.91 Å². The molecular weight excluding hydrogens is 245 g/mol. The second-order valence-electron chi connectivity index (χ2n) is 3.19. The number of benzene rings is 1. The van der Waals surface area contributed by atoms with E-state index in [2.05, 4.69) is 15.3 Å². The van der Waals surface area contributed by atoms with Crippen molar-refractivity contribution in [2.75, 3.05) is 5.32 Å². The predicted octanol–water partition coefficient (Wildman–Crippen LogP) is 2.52. The van der Waals surface area contributed by atoms with Gasteiger partial charge in [0.1, 0.15) is 16.7 Å². The molecule has 86 valence electrons. The smallest absolute Gasteiger partial charge is 0.275 e. The zero-order valence-electron chi connectivity index (χ0n) is 8.52. The first-order valence-corrected chi connectivity index (χ1v) is 5.07. The fourth-order valence-corrected chi connectivity index (χ4v) is 1.36. The SMILES string of the molecule is O=C(Nc1cccc(F)c1)c1cncc(Cl)n1. The zero-order valence-corrected chi connectivity index (χ0v) is 9.28. The van der Waals surface area contributed by atoms with Crippen molar-refractivity contribution in [3.8, 4) is 0 Å². The average molecular weight is 252 g/mol. The summed E-state index contributed by atoms with van der Waals surface area (Å²) in [5.41, 5.74) is 0.415. The lowest BCUT2D eigenvalue weighted by molar-refractivity contribution is 0.102. The molecular formula is C11H7ClFN3O. The largest absolute Gasteiger partial charge is 0.321 e. The maximum Gasteiger partial charge on any atom is 0.275 e. The zero-order chi connectivity index (χ0) is 12.3. The number of carbonyl (C=O) groups is 1. The Morgan fingerprint density at radius 1 is 1.35 bits per heavy atom. The normalized spacial score (nSPS) is 10.0. The number of nitrogens with one attached hydrogen (secondary N) is 1. The van der Waals surface area contributed by atoms with Crippen LogP contribution in [0.4, 0.5) is 10.1 Å². The summed E-state index contributed by atoms with van der Waals surface area (Å²) in [5, 5.41) is 2.61. The number of amides is 1. The lowest BCUT2D eigenvalue weighted by Gasteiger charge is -2.04. The molecule has 0 radical (unpaired) electrons. The van der Waals surface area contributed by atoms with Gasteiger partial charge in [-0.15, -0.1) is 0 Å². The molecule has 1 aromatic carbocycles. The van der Waals surface area contributed by atoms with E-state index in [0.29, 0.717) is 5.69 Å². The number of carbonyl (C=O) groups excluding carboxylic acids is 1. The van der Waals surface area contributed by atoms with Gasteiger partial charge in [0.15, 0.2) is 0 Å². The molecule has 0 unspecified atom stereocenters. The van der Waals surface area contributed by atoms with Crippen LogP contribution in [-0.4, -0.2) is 15.9 Å².